The monoisotopic (exact) mass is 1130 g/mol. The van der Waals surface area contributed by atoms with Crippen LogP contribution in [0.1, 0.15) is 55.6 Å². The van der Waals surface area contributed by atoms with Gasteiger partial charge in [0.15, 0.2) is 0 Å². The quantitative estimate of drug-likeness (QED) is 0.0711. The number of nitrogens with zero attached hydrogens (tertiary/aromatic N) is 9. The molecule has 0 saturated carbocycles. The third-order valence-electron chi connectivity index (χ3n) is 13.3. The van der Waals surface area contributed by atoms with Crippen LogP contribution < -0.4 is 23.7 Å². The van der Waals surface area contributed by atoms with Crippen molar-refractivity contribution in [2.75, 3.05) is 0 Å². The molecule has 0 aliphatic rings. The number of aromatic nitrogens is 6. The van der Waals surface area contributed by atoms with Crippen LogP contribution in [0.25, 0.3) is 0 Å². The summed E-state index contributed by atoms with van der Waals surface area (Å²) in [6, 6.07) is 76.5. The Morgan fingerprint density at radius 1 is 0.326 bits per heavy atom. The van der Waals surface area contributed by atoms with E-state index in [1.807, 2.05) is 214 Å². The van der Waals surface area contributed by atoms with Gasteiger partial charge in [-0.2, -0.15) is 15.8 Å². The maximum absolute atomic E-state index is 9.50. The van der Waals surface area contributed by atoms with Gasteiger partial charge in [0, 0.05) is 69.3 Å². The van der Waals surface area contributed by atoms with Crippen molar-refractivity contribution in [1.29, 1.82) is 15.8 Å². The van der Waals surface area contributed by atoms with E-state index >= 15 is 0 Å². The van der Waals surface area contributed by atoms with E-state index in [0.29, 0.717) is 84.0 Å². The molecule has 0 N–H and O–H groups in total. The zero-order valence-electron chi connectivity index (χ0n) is 46.8. The molecule has 12 rings (SSSR count). The highest BCUT2D eigenvalue weighted by Crippen LogP contribution is 2.33. The fourth-order valence-electron chi connectivity index (χ4n) is 8.95. The molecule has 12 aromatic rings. The third kappa shape index (κ3) is 16.8. The van der Waals surface area contributed by atoms with Gasteiger partial charge in [0.05, 0.1) is 35.7 Å². The first-order valence-electron chi connectivity index (χ1n) is 27.6. The number of hydrogen-bond acceptors (Lipinski definition) is 11. The van der Waals surface area contributed by atoms with Crippen LogP contribution in [0.15, 0.2) is 275 Å². The van der Waals surface area contributed by atoms with E-state index < -0.39 is 0 Å². The van der Waals surface area contributed by atoms with Gasteiger partial charge in [-0.25, -0.2) is 15.0 Å². The summed E-state index contributed by atoms with van der Waals surface area (Å²) in [6.45, 7) is 2.98. The Bertz CT molecular complexity index is 4180. The zero-order valence-corrected chi connectivity index (χ0v) is 46.8. The van der Waals surface area contributed by atoms with Gasteiger partial charge in [0.2, 0.25) is 0 Å². The highest BCUT2D eigenvalue weighted by Gasteiger charge is 2.13. The Labute approximate surface area is 499 Å². The second-order valence-electron chi connectivity index (χ2n) is 19.6. The number of imidazole rings is 3. The van der Waals surface area contributed by atoms with Gasteiger partial charge in [-0.05, 0) is 118 Å². The summed E-state index contributed by atoms with van der Waals surface area (Å²) in [6.07, 6.45) is 17.0. The Morgan fingerprint density at radius 3 is 1.20 bits per heavy atom. The summed E-state index contributed by atoms with van der Waals surface area (Å²) < 4.78 is 35.8. The minimum atomic E-state index is 0.480. The predicted octanol–water partition coefficient (Wildman–Crippen LogP) is 15.5. The fourth-order valence-corrected chi connectivity index (χ4v) is 8.95. The lowest BCUT2D eigenvalue weighted by atomic mass is 10.0. The maximum Gasteiger partial charge on any atom is 0.145 e. The normalized spacial score (nSPS) is 10.3. The molecule has 3 aromatic heterocycles. The Morgan fingerprint density at radius 2 is 0.733 bits per heavy atom. The summed E-state index contributed by atoms with van der Waals surface area (Å²) in [5.74, 6) is 5.12. The molecule has 3 heterocycles. The van der Waals surface area contributed by atoms with Crippen molar-refractivity contribution in [3.8, 4) is 64.2 Å². The van der Waals surface area contributed by atoms with Crippen molar-refractivity contribution < 1.29 is 23.7 Å². The number of para-hydroxylation sites is 1. The molecule has 0 spiro atoms. The Balaban J connectivity index is 0.000000143. The maximum atomic E-state index is 9.50. The van der Waals surface area contributed by atoms with Gasteiger partial charge in [0.25, 0.3) is 0 Å². The molecule has 0 atom stereocenters. The molecule has 0 unspecified atom stereocenters. The van der Waals surface area contributed by atoms with Crippen molar-refractivity contribution in [2.45, 2.75) is 39.3 Å². The SMILES string of the molecule is N#Cc1ccc(Cn2ccnc2)cc1Oc1ccc(OCc2ccccc2)cc1.N#Cc1ccc(Cn2ccnc2)cc1Oc1cccc(OCc2ccccc2)c1.N#Cc1ccc(Cn2ccnc2)cc1Oc1ccccc1Cc1ccccc1. The molecule has 14 nitrogen and oxygen atoms in total. The molecule has 0 aliphatic heterocycles. The van der Waals surface area contributed by atoms with Crippen LogP contribution >= 0.6 is 0 Å². The van der Waals surface area contributed by atoms with E-state index in [9.17, 15) is 15.8 Å². The van der Waals surface area contributed by atoms with E-state index in [-0.39, 0.29) is 0 Å². The fraction of sp³-hybridized carbons (Fsp3) is 0.0833. The summed E-state index contributed by atoms with van der Waals surface area (Å²) >= 11 is 0. The molecule has 14 heteroatoms. The smallest absolute Gasteiger partial charge is 0.145 e. The van der Waals surface area contributed by atoms with Crippen LogP contribution in [0.5, 0.6) is 46.0 Å². The number of ether oxygens (including phenoxy) is 5. The molecule has 0 saturated heterocycles. The number of rotatable bonds is 20. The Hall–Kier alpha value is -11.9. The van der Waals surface area contributed by atoms with Crippen molar-refractivity contribution in [3.63, 3.8) is 0 Å². The lowest BCUT2D eigenvalue weighted by Gasteiger charge is -2.14. The number of benzene rings is 9. The number of nitriles is 3. The predicted molar refractivity (Wildman–Crippen MR) is 328 cm³/mol. The summed E-state index contributed by atoms with van der Waals surface area (Å²) in [5.41, 5.74) is 9.09. The van der Waals surface area contributed by atoms with E-state index in [1.54, 1.807) is 55.8 Å². The van der Waals surface area contributed by atoms with Crippen molar-refractivity contribution in [3.05, 3.63) is 330 Å². The van der Waals surface area contributed by atoms with Crippen LogP contribution in [0.2, 0.25) is 0 Å². The molecule has 9 aromatic carbocycles. The minimum absolute atomic E-state index is 0.480. The molecular weight excluding hydrogens is 1070 g/mol. The molecule has 0 amide bonds. The standard InChI is InChI=1S/2C24H19N3O2.C24H19N3O/c25-15-21-10-9-20(16-27-12-11-26-18-27)13-24(21)29-23-8-4-7-22(14-23)28-17-19-5-2-1-3-6-19;25-15-21-7-6-20(16-27-13-12-26-18-27)14-24(21)29-23-10-8-22(9-11-23)28-17-19-4-2-1-3-5-19;25-16-22-11-10-20(17-27-13-12-26-18-27)15-24(22)28-23-9-5-4-8-21(23)14-19-6-2-1-3-7-19/h2*1-14,18H,16-17H2;1-13,15,18H,14,17H2. The topological polar surface area (TPSA) is 171 Å². The summed E-state index contributed by atoms with van der Waals surface area (Å²) in [5, 5.41) is 28.3. The lowest BCUT2D eigenvalue weighted by Crippen LogP contribution is -1.99. The first-order chi connectivity index (χ1) is 42.4. The molecule has 0 fully saturated rings. The van der Waals surface area contributed by atoms with Gasteiger partial charge in [-0.3, -0.25) is 0 Å². The van der Waals surface area contributed by atoms with E-state index in [1.165, 1.54) is 5.56 Å². The van der Waals surface area contributed by atoms with E-state index in [4.69, 9.17) is 23.7 Å². The van der Waals surface area contributed by atoms with Crippen molar-refractivity contribution in [1.82, 2.24) is 28.7 Å². The van der Waals surface area contributed by atoms with E-state index in [0.717, 1.165) is 51.3 Å². The van der Waals surface area contributed by atoms with E-state index in [2.05, 4.69) is 51.4 Å². The second-order valence-corrected chi connectivity index (χ2v) is 19.6. The summed E-state index contributed by atoms with van der Waals surface area (Å²) in [7, 11) is 0. The van der Waals surface area contributed by atoms with Gasteiger partial charge in [0.1, 0.15) is 77.4 Å². The first kappa shape index (κ1) is 57.3. The lowest BCUT2D eigenvalue weighted by molar-refractivity contribution is 0.304. The second kappa shape index (κ2) is 29.7. The zero-order chi connectivity index (χ0) is 59.0. The molecule has 420 valence electrons. The van der Waals surface area contributed by atoms with Crippen LogP contribution in [-0.2, 0) is 39.3 Å². The molecular formula is C72H57N9O5. The van der Waals surface area contributed by atoms with Gasteiger partial charge >= 0.3 is 0 Å². The first-order valence-corrected chi connectivity index (χ1v) is 27.6. The van der Waals surface area contributed by atoms with Crippen LogP contribution in [0, 0.1) is 34.0 Å². The summed E-state index contributed by atoms with van der Waals surface area (Å²) in [4.78, 5) is 12.2. The number of hydrogen-bond donors (Lipinski definition) is 0. The van der Waals surface area contributed by atoms with Crippen molar-refractivity contribution in [2.24, 2.45) is 0 Å². The average molecular weight is 1130 g/mol. The van der Waals surface area contributed by atoms with Gasteiger partial charge in [-0.1, -0.05) is 133 Å². The highest BCUT2D eigenvalue weighted by molar-refractivity contribution is 5.51. The Kier molecular flexibility index (Phi) is 19.8. The molecule has 0 aliphatic carbocycles. The van der Waals surface area contributed by atoms with Crippen LogP contribution in [0.3, 0.4) is 0 Å². The largest absolute Gasteiger partial charge is 0.489 e. The average Bonchev–Trinajstić information content (AvgIpc) is 4.02. The minimum Gasteiger partial charge on any atom is -0.489 e. The highest BCUT2D eigenvalue weighted by atomic mass is 16.5. The van der Waals surface area contributed by atoms with Crippen molar-refractivity contribution >= 4 is 0 Å². The van der Waals surface area contributed by atoms with Crippen LogP contribution in [-0.4, -0.2) is 28.7 Å². The van der Waals surface area contributed by atoms with Gasteiger partial charge < -0.3 is 37.4 Å². The molecule has 0 radical (unpaired) electrons. The van der Waals surface area contributed by atoms with Gasteiger partial charge in [-0.15, -0.1) is 0 Å². The third-order valence-corrected chi connectivity index (χ3v) is 13.3. The molecule has 0 bridgehead atoms. The molecule has 86 heavy (non-hydrogen) atoms. The van der Waals surface area contributed by atoms with Crippen LogP contribution in [0.4, 0.5) is 0 Å².